The number of aromatic nitrogens is 1. The van der Waals surface area contributed by atoms with Crippen LogP contribution in [0.5, 0.6) is 0 Å². The number of benzene rings is 2. The Morgan fingerprint density at radius 2 is 1.78 bits per heavy atom. The second-order valence-corrected chi connectivity index (χ2v) is 9.20. The molecule has 1 amide bonds. The van der Waals surface area contributed by atoms with Gasteiger partial charge in [0.15, 0.2) is 5.69 Å². The van der Waals surface area contributed by atoms with Crippen LogP contribution in [-0.2, 0) is 6.54 Å². The number of hydrogen-bond acceptors (Lipinski definition) is 4. The summed E-state index contributed by atoms with van der Waals surface area (Å²) in [6, 6.07) is 20.7. The summed E-state index contributed by atoms with van der Waals surface area (Å²) in [7, 11) is 0. The first-order chi connectivity index (χ1) is 15.8. The van der Waals surface area contributed by atoms with Gasteiger partial charge in [-0.1, -0.05) is 66.9 Å². The van der Waals surface area contributed by atoms with E-state index in [-0.39, 0.29) is 11.9 Å². The van der Waals surface area contributed by atoms with Gasteiger partial charge in [-0.15, -0.1) is 0 Å². The lowest BCUT2D eigenvalue weighted by Crippen LogP contribution is -2.34. The van der Waals surface area contributed by atoms with Gasteiger partial charge in [0.2, 0.25) is 0 Å². The van der Waals surface area contributed by atoms with Crippen molar-refractivity contribution in [2.24, 2.45) is 5.92 Å². The molecule has 1 aromatic heterocycles. The van der Waals surface area contributed by atoms with Crippen molar-refractivity contribution < 1.29 is 9.32 Å². The Balaban J connectivity index is 1.33. The van der Waals surface area contributed by atoms with E-state index in [9.17, 15) is 4.79 Å². The van der Waals surface area contributed by atoms with Gasteiger partial charge in [-0.2, -0.15) is 0 Å². The largest absolute Gasteiger partial charge is 0.381 e. The standard InChI is InChI=1S/C27H31N3O2/c31-27(24-17-25(32-30-24)20-14-15-20)29-26(21-9-3-1-4-10-21)22-11-7-8-19(16-22)18-28-23-12-5-2-6-13-23/h2,5-8,11-13,16-17,20-21,26,28H,1,3-4,9-10,14-15,18H2,(H,29,31). The van der Waals surface area contributed by atoms with E-state index in [0.29, 0.717) is 17.5 Å². The molecular weight excluding hydrogens is 398 g/mol. The summed E-state index contributed by atoms with van der Waals surface area (Å²) in [5, 5.41) is 10.8. The Labute approximate surface area is 189 Å². The molecule has 2 aliphatic carbocycles. The topological polar surface area (TPSA) is 67.2 Å². The zero-order valence-electron chi connectivity index (χ0n) is 18.4. The lowest BCUT2D eigenvalue weighted by Gasteiger charge is -2.31. The van der Waals surface area contributed by atoms with Gasteiger partial charge in [-0.05, 0) is 54.9 Å². The summed E-state index contributed by atoms with van der Waals surface area (Å²) in [5.41, 5.74) is 3.88. The van der Waals surface area contributed by atoms with Crippen molar-refractivity contribution >= 4 is 11.6 Å². The van der Waals surface area contributed by atoms with E-state index in [2.05, 4.69) is 52.2 Å². The summed E-state index contributed by atoms with van der Waals surface area (Å²) < 4.78 is 5.42. The molecule has 3 aromatic rings. The highest BCUT2D eigenvalue weighted by atomic mass is 16.5. The van der Waals surface area contributed by atoms with Gasteiger partial charge in [-0.25, -0.2) is 0 Å². The highest BCUT2D eigenvalue weighted by molar-refractivity contribution is 5.92. The number of nitrogens with zero attached hydrogens (tertiary/aromatic N) is 1. The highest BCUT2D eigenvalue weighted by Crippen LogP contribution is 2.40. The minimum Gasteiger partial charge on any atom is -0.381 e. The number of amides is 1. The molecule has 5 rings (SSSR count). The molecule has 5 heteroatoms. The van der Waals surface area contributed by atoms with Gasteiger partial charge in [-0.3, -0.25) is 4.79 Å². The van der Waals surface area contributed by atoms with Crippen LogP contribution in [0.1, 0.15) is 84.3 Å². The summed E-state index contributed by atoms with van der Waals surface area (Å²) in [6.45, 7) is 0.747. The quantitative estimate of drug-likeness (QED) is 0.446. The third-order valence-corrected chi connectivity index (χ3v) is 6.73. The molecule has 0 saturated heterocycles. The van der Waals surface area contributed by atoms with Crippen LogP contribution in [0.2, 0.25) is 0 Å². The van der Waals surface area contributed by atoms with E-state index >= 15 is 0 Å². The van der Waals surface area contributed by atoms with Crippen molar-refractivity contribution in [3.63, 3.8) is 0 Å². The molecule has 2 N–H and O–H groups in total. The Morgan fingerprint density at radius 3 is 2.56 bits per heavy atom. The summed E-state index contributed by atoms with van der Waals surface area (Å²) in [5.74, 6) is 1.61. The van der Waals surface area contributed by atoms with Crippen LogP contribution < -0.4 is 10.6 Å². The summed E-state index contributed by atoms with van der Waals surface area (Å²) >= 11 is 0. The molecule has 0 radical (unpaired) electrons. The second-order valence-electron chi connectivity index (χ2n) is 9.20. The zero-order chi connectivity index (χ0) is 21.8. The minimum absolute atomic E-state index is 0.0134. The molecule has 0 aliphatic heterocycles. The van der Waals surface area contributed by atoms with Gasteiger partial charge in [0.25, 0.3) is 5.91 Å². The number of carbonyl (C=O) groups is 1. The number of para-hydroxylation sites is 1. The number of rotatable bonds is 8. The molecular formula is C27H31N3O2. The monoisotopic (exact) mass is 429 g/mol. The van der Waals surface area contributed by atoms with Crippen LogP contribution in [-0.4, -0.2) is 11.1 Å². The predicted octanol–water partition coefficient (Wildman–Crippen LogP) is 6.22. The number of anilines is 1. The zero-order valence-corrected chi connectivity index (χ0v) is 18.4. The molecule has 0 bridgehead atoms. The fourth-order valence-electron chi connectivity index (χ4n) is 4.77. The molecule has 2 saturated carbocycles. The van der Waals surface area contributed by atoms with Gasteiger partial charge in [0.05, 0.1) is 6.04 Å². The average molecular weight is 430 g/mol. The average Bonchev–Trinajstić information content (AvgIpc) is 3.58. The van der Waals surface area contributed by atoms with Crippen molar-refractivity contribution in [3.8, 4) is 0 Å². The van der Waals surface area contributed by atoms with E-state index in [0.717, 1.165) is 43.7 Å². The van der Waals surface area contributed by atoms with Crippen molar-refractivity contribution in [1.82, 2.24) is 10.5 Å². The van der Waals surface area contributed by atoms with Crippen molar-refractivity contribution in [2.45, 2.75) is 63.5 Å². The van der Waals surface area contributed by atoms with Crippen molar-refractivity contribution in [1.29, 1.82) is 0 Å². The Kier molecular flexibility index (Phi) is 6.24. The van der Waals surface area contributed by atoms with Crippen LogP contribution in [0.15, 0.2) is 65.2 Å². The molecule has 32 heavy (non-hydrogen) atoms. The van der Waals surface area contributed by atoms with Crippen LogP contribution in [0.4, 0.5) is 5.69 Å². The number of nitrogens with one attached hydrogen (secondary N) is 2. The van der Waals surface area contributed by atoms with Crippen molar-refractivity contribution in [3.05, 3.63) is 83.2 Å². The molecule has 1 unspecified atom stereocenters. The number of hydrogen-bond donors (Lipinski definition) is 2. The second kappa shape index (κ2) is 9.60. The van der Waals surface area contributed by atoms with Gasteiger partial charge < -0.3 is 15.2 Å². The van der Waals surface area contributed by atoms with Gasteiger partial charge in [0.1, 0.15) is 5.76 Å². The third kappa shape index (κ3) is 5.04. The fraction of sp³-hybridized carbons (Fsp3) is 0.407. The highest BCUT2D eigenvalue weighted by Gasteiger charge is 2.31. The fourth-order valence-corrected chi connectivity index (χ4v) is 4.77. The normalized spacial score (nSPS) is 17.6. The Morgan fingerprint density at radius 1 is 0.969 bits per heavy atom. The van der Waals surface area contributed by atoms with E-state index in [4.69, 9.17) is 4.52 Å². The summed E-state index contributed by atoms with van der Waals surface area (Å²) in [6.07, 6.45) is 8.28. The SMILES string of the molecule is O=C(NC(c1cccc(CNc2ccccc2)c1)C1CCCCC1)c1cc(C2CC2)on1. The van der Waals surface area contributed by atoms with Gasteiger partial charge in [0, 0.05) is 24.2 Å². The first kappa shape index (κ1) is 20.8. The first-order valence-electron chi connectivity index (χ1n) is 11.9. The smallest absolute Gasteiger partial charge is 0.273 e. The van der Waals surface area contributed by atoms with Crippen molar-refractivity contribution in [2.75, 3.05) is 5.32 Å². The molecule has 1 atom stereocenters. The van der Waals surface area contributed by atoms with Crippen LogP contribution in [0, 0.1) is 5.92 Å². The maximum atomic E-state index is 13.1. The predicted molar refractivity (Wildman–Crippen MR) is 125 cm³/mol. The minimum atomic E-state index is -0.135. The molecule has 2 aliphatic rings. The van der Waals surface area contributed by atoms with Crippen LogP contribution >= 0.6 is 0 Å². The summed E-state index contributed by atoms with van der Waals surface area (Å²) in [4.78, 5) is 13.1. The lowest BCUT2D eigenvalue weighted by molar-refractivity contribution is 0.0903. The molecule has 1 heterocycles. The maximum absolute atomic E-state index is 13.1. The Hall–Kier alpha value is -3.08. The molecule has 2 aromatic carbocycles. The van der Waals surface area contributed by atoms with E-state index in [1.165, 1.54) is 30.4 Å². The van der Waals surface area contributed by atoms with E-state index in [1.54, 1.807) is 0 Å². The molecule has 2 fully saturated rings. The molecule has 0 spiro atoms. The van der Waals surface area contributed by atoms with Crippen LogP contribution in [0.25, 0.3) is 0 Å². The van der Waals surface area contributed by atoms with Gasteiger partial charge >= 0.3 is 0 Å². The number of carbonyl (C=O) groups excluding carboxylic acids is 1. The van der Waals surface area contributed by atoms with E-state index in [1.807, 2.05) is 24.3 Å². The molecule has 5 nitrogen and oxygen atoms in total. The third-order valence-electron chi connectivity index (χ3n) is 6.73. The van der Waals surface area contributed by atoms with Crippen LogP contribution in [0.3, 0.4) is 0 Å². The first-order valence-corrected chi connectivity index (χ1v) is 11.9. The Bertz CT molecular complexity index is 1040. The molecule has 166 valence electrons. The maximum Gasteiger partial charge on any atom is 0.273 e. The lowest BCUT2D eigenvalue weighted by atomic mass is 9.80. The van der Waals surface area contributed by atoms with E-state index < -0.39 is 0 Å².